The lowest BCUT2D eigenvalue weighted by molar-refractivity contribution is -0.0792. The fourth-order valence-electron chi connectivity index (χ4n) is 4.84. The Morgan fingerprint density at radius 3 is 2.52 bits per heavy atom. The van der Waals surface area contributed by atoms with E-state index >= 15 is 0 Å². The lowest BCUT2D eigenvalue weighted by Crippen LogP contribution is -2.44. The van der Waals surface area contributed by atoms with E-state index in [-0.39, 0.29) is 5.60 Å². The zero-order valence-corrected chi connectivity index (χ0v) is 13.4. The lowest BCUT2D eigenvalue weighted by atomic mass is 9.77. The molecule has 3 heteroatoms. The fourth-order valence-corrected chi connectivity index (χ4v) is 4.84. The van der Waals surface area contributed by atoms with Crippen molar-refractivity contribution in [2.45, 2.75) is 88.4 Å². The zero-order valence-electron chi connectivity index (χ0n) is 13.4. The number of hydrogen-bond acceptors (Lipinski definition) is 3. The molecule has 4 rings (SSSR count). The Labute approximate surface area is 129 Å². The first-order chi connectivity index (χ1) is 10.3. The van der Waals surface area contributed by atoms with E-state index in [1.54, 1.807) is 0 Å². The summed E-state index contributed by atoms with van der Waals surface area (Å²) in [4.78, 5) is 0. The third-order valence-electron chi connectivity index (χ3n) is 6.26. The normalized spacial score (nSPS) is 39.1. The van der Waals surface area contributed by atoms with Crippen LogP contribution in [0.4, 0.5) is 0 Å². The minimum absolute atomic E-state index is 0.283. The second-order valence-corrected chi connectivity index (χ2v) is 8.18. The van der Waals surface area contributed by atoms with Crippen LogP contribution in [0, 0.1) is 5.41 Å². The molecule has 2 aliphatic carbocycles. The molecule has 0 radical (unpaired) electrons. The Morgan fingerprint density at radius 2 is 1.81 bits per heavy atom. The van der Waals surface area contributed by atoms with Crippen LogP contribution in [0.3, 0.4) is 0 Å². The highest BCUT2D eigenvalue weighted by Crippen LogP contribution is 2.46. The molecule has 2 saturated heterocycles. The van der Waals surface area contributed by atoms with Gasteiger partial charge in [0.1, 0.15) is 0 Å². The van der Waals surface area contributed by atoms with Crippen LogP contribution in [0.15, 0.2) is 0 Å². The van der Waals surface area contributed by atoms with Gasteiger partial charge in [0.25, 0.3) is 0 Å². The topological polar surface area (TPSA) is 30.5 Å². The van der Waals surface area contributed by atoms with Crippen LogP contribution >= 0.6 is 0 Å². The number of ether oxygens (including phenoxy) is 2. The monoisotopic (exact) mass is 293 g/mol. The summed E-state index contributed by atoms with van der Waals surface area (Å²) >= 11 is 0. The molecule has 2 heterocycles. The highest BCUT2D eigenvalue weighted by atomic mass is 16.5. The molecule has 21 heavy (non-hydrogen) atoms. The summed E-state index contributed by atoms with van der Waals surface area (Å²) in [5.74, 6) is 0. The minimum atomic E-state index is 0.283. The van der Waals surface area contributed by atoms with Crippen molar-refractivity contribution in [2.75, 3.05) is 19.8 Å². The van der Waals surface area contributed by atoms with Gasteiger partial charge in [0.15, 0.2) is 0 Å². The summed E-state index contributed by atoms with van der Waals surface area (Å²) in [6.07, 6.45) is 15.0. The molecule has 4 fully saturated rings. The third-order valence-corrected chi connectivity index (χ3v) is 6.26. The van der Waals surface area contributed by atoms with Crippen LogP contribution < -0.4 is 5.32 Å². The molecule has 0 aromatic rings. The largest absolute Gasteiger partial charge is 0.381 e. The van der Waals surface area contributed by atoms with Crippen molar-refractivity contribution < 1.29 is 9.47 Å². The highest BCUT2D eigenvalue weighted by Gasteiger charge is 2.45. The van der Waals surface area contributed by atoms with Gasteiger partial charge in [-0.1, -0.05) is 12.8 Å². The van der Waals surface area contributed by atoms with E-state index in [0.29, 0.717) is 11.5 Å². The van der Waals surface area contributed by atoms with Gasteiger partial charge in [-0.25, -0.2) is 0 Å². The predicted octanol–water partition coefficient (Wildman–Crippen LogP) is 3.42. The Balaban J connectivity index is 1.37. The molecule has 2 atom stereocenters. The first-order valence-corrected chi connectivity index (χ1v) is 9.27. The maximum absolute atomic E-state index is 6.58. The molecule has 2 aliphatic heterocycles. The van der Waals surface area contributed by atoms with E-state index in [0.717, 1.165) is 25.8 Å². The van der Waals surface area contributed by atoms with Crippen molar-refractivity contribution in [3.8, 4) is 0 Å². The van der Waals surface area contributed by atoms with Crippen molar-refractivity contribution in [3.05, 3.63) is 0 Å². The van der Waals surface area contributed by atoms with E-state index in [1.165, 1.54) is 70.6 Å². The molecular formula is C18H31NO2. The number of nitrogens with one attached hydrogen (secondary N) is 1. The van der Waals surface area contributed by atoms with Gasteiger partial charge in [0.05, 0.1) is 18.3 Å². The molecule has 2 unspecified atom stereocenters. The summed E-state index contributed by atoms with van der Waals surface area (Å²) in [5, 5.41) is 3.77. The van der Waals surface area contributed by atoms with E-state index in [9.17, 15) is 0 Å². The first kappa shape index (κ1) is 14.5. The Bertz CT molecular complexity index is 354. The Kier molecular flexibility index (Phi) is 4.01. The average molecular weight is 293 g/mol. The Morgan fingerprint density at radius 1 is 0.952 bits per heavy atom. The standard InChI is InChI=1S/C18H31NO2/c1-2-9-18(8-1)10-6-16(21-18)12-17(7-3-11-20-14-17)13-19-15-4-5-15/h15-16,19H,1-14H2. The van der Waals surface area contributed by atoms with E-state index in [4.69, 9.17) is 9.47 Å². The molecule has 1 N–H and O–H groups in total. The Hall–Kier alpha value is -0.120. The average Bonchev–Trinajstić information content (AvgIpc) is 3.11. The second-order valence-electron chi connectivity index (χ2n) is 8.18. The predicted molar refractivity (Wildman–Crippen MR) is 83.4 cm³/mol. The van der Waals surface area contributed by atoms with Crippen LogP contribution in [-0.4, -0.2) is 37.5 Å². The summed E-state index contributed by atoms with van der Waals surface area (Å²) in [6.45, 7) is 3.05. The zero-order chi connectivity index (χ0) is 14.2. The van der Waals surface area contributed by atoms with Gasteiger partial charge in [0, 0.05) is 24.6 Å². The second kappa shape index (κ2) is 5.82. The molecule has 120 valence electrons. The molecule has 0 bridgehead atoms. The minimum Gasteiger partial charge on any atom is -0.381 e. The maximum Gasteiger partial charge on any atom is 0.0687 e. The van der Waals surface area contributed by atoms with Crippen LogP contribution in [0.5, 0.6) is 0 Å². The number of rotatable bonds is 5. The lowest BCUT2D eigenvalue weighted by Gasteiger charge is -2.39. The van der Waals surface area contributed by atoms with Crippen molar-refractivity contribution in [1.82, 2.24) is 5.32 Å². The smallest absolute Gasteiger partial charge is 0.0687 e. The maximum atomic E-state index is 6.58. The van der Waals surface area contributed by atoms with Crippen LogP contribution in [-0.2, 0) is 9.47 Å². The van der Waals surface area contributed by atoms with Gasteiger partial charge in [-0.05, 0) is 57.8 Å². The molecule has 0 aromatic carbocycles. The molecule has 1 spiro atoms. The van der Waals surface area contributed by atoms with Gasteiger partial charge in [-0.2, -0.15) is 0 Å². The third kappa shape index (κ3) is 3.30. The quantitative estimate of drug-likeness (QED) is 0.842. The van der Waals surface area contributed by atoms with Crippen molar-refractivity contribution in [1.29, 1.82) is 0 Å². The van der Waals surface area contributed by atoms with Crippen LogP contribution in [0.2, 0.25) is 0 Å². The summed E-state index contributed by atoms with van der Waals surface area (Å²) < 4.78 is 12.4. The van der Waals surface area contributed by atoms with Gasteiger partial charge in [0.2, 0.25) is 0 Å². The van der Waals surface area contributed by atoms with Crippen LogP contribution in [0.1, 0.15) is 70.6 Å². The van der Waals surface area contributed by atoms with E-state index in [1.807, 2.05) is 0 Å². The first-order valence-electron chi connectivity index (χ1n) is 9.27. The molecule has 4 aliphatic rings. The highest BCUT2D eigenvalue weighted by molar-refractivity contribution is 4.97. The van der Waals surface area contributed by atoms with Gasteiger partial charge in [-0.3, -0.25) is 0 Å². The van der Waals surface area contributed by atoms with Gasteiger partial charge in [-0.15, -0.1) is 0 Å². The van der Waals surface area contributed by atoms with Gasteiger partial charge >= 0.3 is 0 Å². The SMILES string of the molecule is C1COCC(CNC2CC2)(CC2CCC3(CCCC3)O2)C1. The number of hydrogen-bond donors (Lipinski definition) is 1. The summed E-state index contributed by atoms with van der Waals surface area (Å²) in [6, 6.07) is 0.800. The van der Waals surface area contributed by atoms with Crippen molar-refractivity contribution in [2.24, 2.45) is 5.41 Å². The molecule has 3 nitrogen and oxygen atoms in total. The van der Waals surface area contributed by atoms with Crippen LogP contribution in [0.25, 0.3) is 0 Å². The fraction of sp³-hybridized carbons (Fsp3) is 1.00. The van der Waals surface area contributed by atoms with E-state index in [2.05, 4.69) is 5.32 Å². The summed E-state index contributed by atoms with van der Waals surface area (Å²) in [5.41, 5.74) is 0.626. The van der Waals surface area contributed by atoms with Gasteiger partial charge < -0.3 is 14.8 Å². The molecule has 0 aromatic heterocycles. The summed E-state index contributed by atoms with van der Waals surface area (Å²) in [7, 11) is 0. The van der Waals surface area contributed by atoms with Crippen molar-refractivity contribution in [3.63, 3.8) is 0 Å². The molecule has 0 amide bonds. The molecular weight excluding hydrogens is 262 g/mol. The van der Waals surface area contributed by atoms with Crippen molar-refractivity contribution >= 4 is 0 Å². The molecule has 2 saturated carbocycles. The van der Waals surface area contributed by atoms with E-state index < -0.39 is 0 Å².